The van der Waals surface area contributed by atoms with Crippen molar-refractivity contribution in [3.05, 3.63) is 215 Å². The summed E-state index contributed by atoms with van der Waals surface area (Å²) < 4.78 is 9.93. The first-order chi connectivity index (χ1) is 34.6. The van der Waals surface area contributed by atoms with Gasteiger partial charge < -0.3 is 19.4 Å². The van der Waals surface area contributed by atoms with Gasteiger partial charge in [0.15, 0.2) is 0 Å². The van der Waals surface area contributed by atoms with Crippen LogP contribution in [0, 0.1) is 27.7 Å². The summed E-state index contributed by atoms with van der Waals surface area (Å²) in [4.78, 5) is 7.37. The third-order valence-electron chi connectivity index (χ3n) is 14.9. The van der Waals surface area contributed by atoms with Crippen LogP contribution in [0.3, 0.4) is 0 Å². The zero-order valence-corrected chi connectivity index (χ0v) is 43.9. The number of ether oxygens (including phenoxy) is 1. The Kier molecular flexibility index (Phi) is 10.8. The average Bonchev–Trinajstić information content (AvgIpc) is 3.74. The van der Waals surface area contributed by atoms with Crippen molar-refractivity contribution in [1.82, 2.24) is 0 Å². The maximum Gasteiger partial charge on any atom is 0.256 e. The van der Waals surface area contributed by atoms with Gasteiger partial charge in [-0.05, 0) is 157 Å². The van der Waals surface area contributed by atoms with Gasteiger partial charge >= 0.3 is 0 Å². The van der Waals surface area contributed by atoms with E-state index in [1.807, 2.05) is 11.3 Å². The molecule has 0 radical (unpaired) electrons. The van der Waals surface area contributed by atoms with E-state index in [9.17, 15) is 0 Å². The van der Waals surface area contributed by atoms with Crippen LogP contribution in [0.5, 0.6) is 11.5 Å². The smallest absolute Gasteiger partial charge is 0.256 e. The van der Waals surface area contributed by atoms with Gasteiger partial charge in [-0.2, -0.15) is 0 Å². The van der Waals surface area contributed by atoms with Crippen molar-refractivity contribution in [3.8, 4) is 11.5 Å². The van der Waals surface area contributed by atoms with Gasteiger partial charge in [-0.1, -0.05) is 149 Å². The van der Waals surface area contributed by atoms with Gasteiger partial charge in [-0.3, -0.25) is 0 Å². The molecule has 10 aromatic rings. The minimum Gasteiger partial charge on any atom is -0.458 e. The van der Waals surface area contributed by atoms with Crippen molar-refractivity contribution in [2.75, 3.05) is 14.7 Å². The zero-order chi connectivity index (χ0) is 49.8. The molecule has 0 saturated carbocycles. The van der Waals surface area contributed by atoms with E-state index in [2.05, 4.69) is 266 Å². The van der Waals surface area contributed by atoms with Crippen molar-refractivity contribution in [2.24, 2.45) is 0 Å². The van der Waals surface area contributed by atoms with E-state index >= 15 is 0 Å². The topological polar surface area (TPSA) is 19.0 Å². The molecule has 1 aromatic heterocycles. The molecule has 0 saturated heterocycles. The molecule has 2 aliphatic rings. The van der Waals surface area contributed by atoms with Crippen LogP contribution in [0.4, 0.5) is 51.2 Å². The molecule has 0 fully saturated rings. The van der Waals surface area contributed by atoms with Crippen molar-refractivity contribution < 1.29 is 4.74 Å². The number of thiophene rings is 1. The summed E-state index contributed by atoms with van der Waals surface area (Å²) in [5, 5.41) is 2.50. The Morgan fingerprint density at radius 1 is 0.444 bits per heavy atom. The zero-order valence-electron chi connectivity index (χ0n) is 43.1. The summed E-state index contributed by atoms with van der Waals surface area (Å²) in [5.41, 5.74) is 20.9. The fourth-order valence-electron chi connectivity index (χ4n) is 10.8. The predicted octanol–water partition coefficient (Wildman–Crippen LogP) is 17.2. The van der Waals surface area contributed by atoms with E-state index in [1.165, 1.54) is 75.6 Å². The van der Waals surface area contributed by atoms with Gasteiger partial charge in [0, 0.05) is 67.0 Å². The largest absolute Gasteiger partial charge is 0.458 e. The number of anilines is 9. The van der Waals surface area contributed by atoms with Crippen molar-refractivity contribution in [2.45, 2.75) is 80.1 Å². The Balaban J connectivity index is 1.12. The number of fused-ring (bicyclic) bond motifs is 7. The maximum atomic E-state index is 7.41. The molecule has 12 rings (SSSR count). The highest BCUT2D eigenvalue weighted by molar-refractivity contribution is 7.26. The fraction of sp³-hybridized carbons (Fsp3) is 0.182. The number of hydrogen-bond acceptors (Lipinski definition) is 5. The summed E-state index contributed by atoms with van der Waals surface area (Å²) in [5.74, 6) is 1.79. The molecule has 4 nitrogen and oxygen atoms in total. The van der Waals surface area contributed by atoms with Crippen LogP contribution in [0.15, 0.2) is 182 Å². The van der Waals surface area contributed by atoms with Crippen LogP contribution >= 0.6 is 11.3 Å². The summed E-state index contributed by atoms with van der Waals surface area (Å²) >= 11 is 1.87. The predicted molar refractivity (Wildman–Crippen MR) is 311 cm³/mol. The van der Waals surface area contributed by atoms with Crippen LogP contribution in [0.1, 0.15) is 74.9 Å². The maximum absolute atomic E-state index is 7.41. The van der Waals surface area contributed by atoms with E-state index < -0.39 is 0 Å². The van der Waals surface area contributed by atoms with Crippen LogP contribution in [-0.4, -0.2) is 6.71 Å². The summed E-state index contributed by atoms with van der Waals surface area (Å²) in [7, 11) is 0. The van der Waals surface area contributed by atoms with Gasteiger partial charge in [-0.15, -0.1) is 11.3 Å². The first-order valence-electron chi connectivity index (χ1n) is 25.3. The summed E-state index contributed by atoms with van der Waals surface area (Å²) in [6, 6.07) is 68.3. The average molecular weight is 954 g/mol. The van der Waals surface area contributed by atoms with E-state index in [4.69, 9.17) is 4.74 Å². The SMILES string of the molecule is Cc1ccc(N(c2ccc(C)cc2)c2ccc3c(c2)Oc2cc(C(C)(C)C)cc4c2B3c2cc(C(C)(C)C)ccc2N4c2cc(N(c3ccc(C)cc3)c3ccc(C)cc3)c3sc4ccccc4c3c2)cc1. The molecule has 6 heteroatoms. The second-order valence-corrected chi connectivity index (χ2v) is 23.3. The first kappa shape index (κ1) is 45.6. The van der Waals surface area contributed by atoms with E-state index in [0.29, 0.717) is 0 Å². The minimum atomic E-state index is -0.172. The molecule has 0 aliphatic carbocycles. The molecule has 0 amide bonds. The molecule has 3 heterocycles. The van der Waals surface area contributed by atoms with Crippen molar-refractivity contribution in [3.63, 3.8) is 0 Å². The Hall–Kier alpha value is -7.54. The summed E-state index contributed by atoms with van der Waals surface area (Å²) in [6.07, 6.45) is 0. The third kappa shape index (κ3) is 7.84. The van der Waals surface area contributed by atoms with Gasteiger partial charge in [0.2, 0.25) is 0 Å². The minimum absolute atomic E-state index is 0.0793. The van der Waals surface area contributed by atoms with Crippen LogP contribution in [0.25, 0.3) is 20.2 Å². The lowest BCUT2D eigenvalue weighted by atomic mass is 9.34. The molecular weight excluding hydrogens is 894 g/mol. The van der Waals surface area contributed by atoms with Gasteiger partial charge in [-0.25, -0.2) is 0 Å². The molecule has 2 aliphatic heterocycles. The second-order valence-electron chi connectivity index (χ2n) is 22.2. The molecular formula is C66H60BN3OS. The lowest BCUT2D eigenvalue weighted by Crippen LogP contribution is -2.59. The molecule has 0 N–H and O–H groups in total. The van der Waals surface area contributed by atoms with Crippen molar-refractivity contribution in [1.29, 1.82) is 0 Å². The quantitative estimate of drug-likeness (QED) is 0.148. The van der Waals surface area contributed by atoms with Crippen LogP contribution < -0.4 is 35.8 Å². The number of rotatable bonds is 7. The van der Waals surface area contributed by atoms with Crippen LogP contribution in [0.2, 0.25) is 0 Å². The molecule has 0 bridgehead atoms. The molecule has 0 atom stereocenters. The van der Waals surface area contributed by atoms with E-state index in [-0.39, 0.29) is 17.5 Å². The molecule has 354 valence electrons. The van der Waals surface area contributed by atoms with Crippen LogP contribution in [-0.2, 0) is 10.8 Å². The molecule has 72 heavy (non-hydrogen) atoms. The summed E-state index contributed by atoms with van der Waals surface area (Å²) in [6.45, 7) is 22.5. The highest BCUT2D eigenvalue weighted by Crippen LogP contribution is 2.51. The molecule has 0 unspecified atom stereocenters. The fourth-order valence-corrected chi connectivity index (χ4v) is 12.0. The van der Waals surface area contributed by atoms with Crippen molar-refractivity contribution >= 4 is 106 Å². The highest BCUT2D eigenvalue weighted by atomic mass is 32.1. The standard InChI is InChI=1S/C66H60BN3OS/c1-41-15-24-47(25-16-41)68(48-26-17-42(2)18-27-48)51-32-33-55-60(40-51)71-61-37-46(66(8,9)10)36-58-63(61)67(55)56-35-45(65(5,6)7)23-34-57(56)70(58)52-38-54-53-13-11-12-14-62(53)72-64(54)59(39-52)69(49-28-19-43(3)20-29-49)50-30-21-44(4)22-31-50/h11-40H,1-10H3. The lowest BCUT2D eigenvalue weighted by Gasteiger charge is -2.42. The van der Waals surface area contributed by atoms with Gasteiger partial charge in [0.25, 0.3) is 6.71 Å². The molecule has 0 spiro atoms. The number of hydrogen-bond donors (Lipinski definition) is 0. The Morgan fingerprint density at radius 2 is 0.986 bits per heavy atom. The Morgan fingerprint density at radius 3 is 1.56 bits per heavy atom. The monoisotopic (exact) mass is 953 g/mol. The highest BCUT2D eigenvalue weighted by Gasteiger charge is 2.44. The lowest BCUT2D eigenvalue weighted by molar-refractivity contribution is 0.483. The number of benzene rings is 9. The Bertz CT molecular complexity index is 3640. The third-order valence-corrected chi connectivity index (χ3v) is 16.1. The van der Waals surface area contributed by atoms with Gasteiger partial charge in [0.05, 0.1) is 10.4 Å². The normalized spacial score (nSPS) is 12.9. The Labute approximate surface area is 429 Å². The molecule has 9 aromatic carbocycles. The second kappa shape index (κ2) is 17.1. The van der Waals surface area contributed by atoms with Gasteiger partial charge in [0.1, 0.15) is 11.5 Å². The van der Waals surface area contributed by atoms with E-state index in [0.717, 1.165) is 57.0 Å². The number of nitrogens with zero attached hydrogens (tertiary/aromatic N) is 3. The number of aryl methyl sites for hydroxylation is 4. The first-order valence-corrected chi connectivity index (χ1v) is 26.2. The van der Waals surface area contributed by atoms with E-state index in [1.54, 1.807) is 0 Å².